The molecular formula is C13H27N3. The van der Waals surface area contributed by atoms with Gasteiger partial charge in [-0.25, -0.2) is 0 Å². The molecule has 0 aromatic heterocycles. The van der Waals surface area contributed by atoms with E-state index in [2.05, 4.69) is 37.7 Å². The monoisotopic (exact) mass is 225 g/mol. The highest BCUT2D eigenvalue weighted by Crippen LogP contribution is 2.27. The molecule has 3 nitrogen and oxygen atoms in total. The van der Waals surface area contributed by atoms with Crippen molar-refractivity contribution in [3.63, 3.8) is 0 Å². The van der Waals surface area contributed by atoms with Crippen molar-refractivity contribution < 1.29 is 0 Å². The predicted molar refractivity (Wildman–Crippen MR) is 70.5 cm³/mol. The van der Waals surface area contributed by atoms with Crippen LogP contribution in [0.2, 0.25) is 0 Å². The van der Waals surface area contributed by atoms with E-state index in [9.17, 15) is 0 Å². The van der Waals surface area contributed by atoms with Crippen molar-refractivity contribution in [3.05, 3.63) is 0 Å². The van der Waals surface area contributed by atoms with E-state index in [1.807, 2.05) is 0 Å². The Morgan fingerprint density at radius 3 is 2.56 bits per heavy atom. The lowest BCUT2D eigenvalue weighted by Gasteiger charge is -2.36. The smallest absolute Gasteiger partial charge is 0.191 e. The van der Waals surface area contributed by atoms with E-state index < -0.39 is 0 Å². The van der Waals surface area contributed by atoms with Crippen LogP contribution in [0.25, 0.3) is 0 Å². The van der Waals surface area contributed by atoms with E-state index >= 15 is 0 Å². The van der Waals surface area contributed by atoms with Gasteiger partial charge in [0.1, 0.15) is 0 Å². The molecule has 2 atom stereocenters. The van der Waals surface area contributed by atoms with Gasteiger partial charge in [0, 0.05) is 19.6 Å². The summed E-state index contributed by atoms with van der Waals surface area (Å²) in [5, 5.41) is 0. The van der Waals surface area contributed by atoms with Gasteiger partial charge in [0.05, 0.1) is 0 Å². The number of nitrogens with zero attached hydrogens (tertiary/aromatic N) is 2. The van der Waals surface area contributed by atoms with Gasteiger partial charge in [-0.3, -0.25) is 4.99 Å². The van der Waals surface area contributed by atoms with Gasteiger partial charge in [0.15, 0.2) is 5.96 Å². The summed E-state index contributed by atoms with van der Waals surface area (Å²) >= 11 is 0. The number of hydrogen-bond acceptors (Lipinski definition) is 1. The number of hydrogen-bond donors (Lipinski definition) is 1. The quantitative estimate of drug-likeness (QED) is 0.592. The zero-order valence-corrected chi connectivity index (χ0v) is 11.2. The molecule has 3 heteroatoms. The van der Waals surface area contributed by atoms with Crippen molar-refractivity contribution in [2.24, 2.45) is 22.6 Å². The van der Waals surface area contributed by atoms with E-state index in [1.54, 1.807) is 0 Å². The van der Waals surface area contributed by atoms with E-state index in [0.29, 0.717) is 17.9 Å². The van der Waals surface area contributed by atoms with Gasteiger partial charge in [-0.2, -0.15) is 0 Å². The number of rotatable bonds is 3. The average Bonchev–Trinajstić information content (AvgIpc) is 2.25. The van der Waals surface area contributed by atoms with Crippen LogP contribution in [-0.2, 0) is 0 Å². The maximum absolute atomic E-state index is 6.03. The van der Waals surface area contributed by atoms with Gasteiger partial charge in [-0.05, 0) is 24.7 Å². The second kappa shape index (κ2) is 6.12. The Bertz CT molecular complexity index is 235. The maximum atomic E-state index is 6.03. The summed E-state index contributed by atoms with van der Waals surface area (Å²) < 4.78 is 0. The minimum absolute atomic E-state index is 0.579. The first-order valence-corrected chi connectivity index (χ1v) is 6.55. The lowest BCUT2D eigenvalue weighted by Crippen LogP contribution is -2.46. The molecule has 0 aliphatic heterocycles. The van der Waals surface area contributed by atoms with E-state index in [1.165, 1.54) is 25.7 Å². The van der Waals surface area contributed by atoms with Crippen LogP contribution in [-0.4, -0.2) is 30.5 Å². The number of guanidine groups is 1. The van der Waals surface area contributed by atoms with Crippen LogP contribution in [0.1, 0.15) is 46.5 Å². The Morgan fingerprint density at radius 1 is 1.38 bits per heavy atom. The highest BCUT2D eigenvalue weighted by molar-refractivity contribution is 5.78. The minimum Gasteiger partial charge on any atom is -0.370 e. The van der Waals surface area contributed by atoms with Crippen molar-refractivity contribution >= 4 is 5.96 Å². The maximum Gasteiger partial charge on any atom is 0.191 e. The van der Waals surface area contributed by atoms with Crippen molar-refractivity contribution in [1.82, 2.24) is 4.90 Å². The molecule has 0 heterocycles. The van der Waals surface area contributed by atoms with Crippen LogP contribution in [0.3, 0.4) is 0 Å². The van der Waals surface area contributed by atoms with E-state index in [4.69, 9.17) is 5.73 Å². The molecule has 2 N–H and O–H groups in total. The molecule has 0 saturated heterocycles. The van der Waals surface area contributed by atoms with Crippen molar-refractivity contribution in [2.45, 2.75) is 52.5 Å². The molecule has 0 aromatic rings. The standard InChI is InChI=1S/C13H27N3/c1-10(2)9-15-13(14)16(4)12-8-6-5-7-11(12)3/h10-12H,5-9H2,1-4H3,(H2,14,15). The van der Waals surface area contributed by atoms with E-state index in [-0.39, 0.29) is 0 Å². The van der Waals surface area contributed by atoms with Crippen molar-refractivity contribution in [3.8, 4) is 0 Å². The third-order valence-corrected chi connectivity index (χ3v) is 3.54. The molecule has 16 heavy (non-hydrogen) atoms. The molecule has 1 saturated carbocycles. The molecule has 1 rings (SSSR count). The first-order chi connectivity index (χ1) is 7.52. The van der Waals surface area contributed by atoms with Gasteiger partial charge in [0.2, 0.25) is 0 Å². The van der Waals surface area contributed by atoms with Crippen molar-refractivity contribution in [2.75, 3.05) is 13.6 Å². The fourth-order valence-electron chi connectivity index (χ4n) is 2.43. The molecular weight excluding hydrogens is 198 g/mol. The Balaban J connectivity index is 2.54. The normalized spacial score (nSPS) is 27.2. The topological polar surface area (TPSA) is 41.6 Å². The molecule has 94 valence electrons. The summed E-state index contributed by atoms with van der Waals surface area (Å²) in [6, 6.07) is 0.588. The second-order valence-corrected chi connectivity index (χ2v) is 5.53. The Kier molecular flexibility index (Phi) is 5.10. The Morgan fingerprint density at radius 2 is 2.00 bits per heavy atom. The molecule has 2 unspecified atom stereocenters. The van der Waals surface area contributed by atoms with Crippen LogP contribution < -0.4 is 5.73 Å². The first-order valence-electron chi connectivity index (χ1n) is 6.55. The summed E-state index contributed by atoms with van der Waals surface area (Å²) in [4.78, 5) is 6.64. The summed E-state index contributed by atoms with van der Waals surface area (Å²) in [6.07, 6.45) is 5.29. The summed E-state index contributed by atoms with van der Waals surface area (Å²) in [5.41, 5.74) is 6.03. The fraction of sp³-hybridized carbons (Fsp3) is 0.923. The summed E-state index contributed by atoms with van der Waals surface area (Å²) in [6.45, 7) is 7.49. The lowest BCUT2D eigenvalue weighted by atomic mass is 9.85. The highest BCUT2D eigenvalue weighted by Gasteiger charge is 2.25. The third-order valence-electron chi connectivity index (χ3n) is 3.54. The molecule has 0 aromatic carbocycles. The zero-order valence-electron chi connectivity index (χ0n) is 11.2. The SMILES string of the molecule is CC(C)CN=C(N)N(C)C1CCCCC1C. The van der Waals surface area contributed by atoms with Gasteiger partial charge in [-0.15, -0.1) is 0 Å². The molecule has 0 spiro atoms. The zero-order chi connectivity index (χ0) is 12.1. The number of aliphatic imine (C=N–C) groups is 1. The van der Waals surface area contributed by atoms with Crippen LogP contribution in [0.15, 0.2) is 4.99 Å². The average molecular weight is 225 g/mol. The van der Waals surface area contributed by atoms with Gasteiger partial charge in [0.25, 0.3) is 0 Å². The van der Waals surface area contributed by atoms with Gasteiger partial charge in [-0.1, -0.05) is 33.6 Å². The number of nitrogens with two attached hydrogens (primary N) is 1. The van der Waals surface area contributed by atoms with Crippen molar-refractivity contribution in [1.29, 1.82) is 0 Å². The molecule has 0 radical (unpaired) electrons. The molecule has 0 bridgehead atoms. The Hall–Kier alpha value is -0.730. The molecule has 0 amide bonds. The fourth-order valence-corrected chi connectivity index (χ4v) is 2.43. The first kappa shape index (κ1) is 13.3. The second-order valence-electron chi connectivity index (χ2n) is 5.53. The summed E-state index contributed by atoms with van der Waals surface area (Å²) in [7, 11) is 2.09. The van der Waals surface area contributed by atoms with Crippen LogP contribution in [0, 0.1) is 11.8 Å². The molecule has 1 fully saturated rings. The van der Waals surface area contributed by atoms with Crippen LogP contribution in [0.5, 0.6) is 0 Å². The lowest BCUT2D eigenvalue weighted by molar-refractivity contribution is 0.203. The molecule has 1 aliphatic carbocycles. The third kappa shape index (κ3) is 3.69. The van der Waals surface area contributed by atoms with Crippen LogP contribution in [0.4, 0.5) is 0 Å². The van der Waals surface area contributed by atoms with Crippen LogP contribution >= 0.6 is 0 Å². The minimum atomic E-state index is 0.579. The summed E-state index contributed by atoms with van der Waals surface area (Å²) in [5.74, 6) is 2.04. The highest BCUT2D eigenvalue weighted by atomic mass is 15.3. The van der Waals surface area contributed by atoms with Gasteiger partial charge >= 0.3 is 0 Å². The van der Waals surface area contributed by atoms with E-state index in [0.717, 1.165) is 12.5 Å². The largest absolute Gasteiger partial charge is 0.370 e. The molecule has 1 aliphatic rings. The predicted octanol–water partition coefficient (Wildman–Crippen LogP) is 2.47. The van der Waals surface area contributed by atoms with Gasteiger partial charge < -0.3 is 10.6 Å². The Labute approximate surface area is 100 Å².